The summed E-state index contributed by atoms with van der Waals surface area (Å²) in [7, 11) is 1.90. The van der Waals surface area contributed by atoms with Gasteiger partial charge in [-0.2, -0.15) is 13.2 Å². The molecule has 0 spiro atoms. The number of nitrogens with one attached hydrogen (secondary N) is 1. The standard InChI is InChI=1S/C26H31F5N2/c1-6-8-18(14-19(9-7-2)26(29,30)31)21(17(3)4)16-25-24(12-13-33(25)5)32-20-10-11-22(27)23(28)15-20/h6,8-11,14-16,24,32H,7,12-13H2,1-5H3/b8-6-,18-14+,19-9-,25-16-. The third-order valence-corrected chi connectivity index (χ3v) is 5.36. The predicted molar refractivity (Wildman–Crippen MR) is 125 cm³/mol. The Morgan fingerprint density at radius 2 is 1.88 bits per heavy atom. The van der Waals surface area contributed by atoms with Crippen LogP contribution in [0.4, 0.5) is 27.6 Å². The first-order valence-corrected chi connectivity index (χ1v) is 10.9. The molecule has 1 atom stereocenters. The van der Waals surface area contributed by atoms with Gasteiger partial charge in [-0.25, -0.2) is 8.78 Å². The number of nitrogens with zero attached hydrogens (tertiary/aromatic N) is 1. The van der Waals surface area contributed by atoms with E-state index >= 15 is 0 Å². The van der Waals surface area contributed by atoms with Crippen molar-refractivity contribution in [1.29, 1.82) is 0 Å². The van der Waals surface area contributed by atoms with Gasteiger partial charge in [0.15, 0.2) is 11.6 Å². The van der Waals surface area contributed by atoms with Crippen molar-refractivity contribution in [2.45, 2.75) is 52.8 Å². The minimum atomic E-state index is -4.45. The molecule has 2 rings (SSSR count). The maximum absolute atomic E-state index is 13.7. The van der Waals surface area contributed by atoms with Crippen LogP contribution >= 0.6 is 0 Å². The lowest BCUT2D eigenvalue weighted by Gasteiger charge is -2.21. The predicted octanol–water partition coefficient (Wildman–Crippen LogP) is 7.70. The number of likely N-dealkylation sites (N-methyl/N-ethyl adjacent to an activating group) is 1. The molecule has 1 N–H and O–H groups in total. The van der Waals surface area contributed by atoms with Crippen LogP contribution in [-0.4, -0.2) is 30.7 Å². The molecule has 0 radical (unpaired) electrons. The van der Waals surface area contributed by atoms with E-state index < -0.39 is 23.4 Å². The Bertz CT molecular complexity index is 992. The molecule has 180 valence electrons. The SMILES string of the molecule is C\C=C/C(=C\C(=C\CC)C(F)(F)F)C(/C=C1/C(Nc2ccc(F)c(F)c2)CCN1C)=C(C)C. The summed E-state index contributed by atoms with van der Waals surface area (Å²) in [5.74, 6) is -1.86. The molecule has 33 heavy (non-hydrogen) atoms. The van der Waals surface area contributed by atoms with E-state index in [-0.39, 0.29) is 12.5 Å². The second kappa shape index (κ2) is 11.3. The van der Waals surface area contributed by atoms with Crippen LogP contribution in [0, 0.1) is 11.6 Å². The molecule has 0 aromatic heterocycles. The van der Waals surface area contributed by atoms with Gasteiger partial charge in [0.25, 0.3) is 0 Å². The highest BCUT2D eigenvalue weighted by atomic mass is 19.4. The number of likely N-dealkylation sites (tertiary alicyclic amines) is 1. The van der Waals surface area contributed by atoms with Crippen LogP contribution < -0.4 is 5.32 Å². The molecule has 0 bridgehead atoms. The van der Waals surface area contributed by atoms with Crippen molar-refractivity contribution in [2.24, 2.45) is 0 Å². The maximum Gasteiger partial charge on any atom is 0.416 e. The fourth-order valence-corrected chi connectivity index (χ4v) is 3.71. The lowest BCUT2D eigenvalue weighted by Crippen LogP contribution is -2.22. The van der Waals surface area contributed by atoms with Crippen molar-refractivity contribution >= 4 is 5.69 Å². The van der Waals surface area contributed by atoms with Gasteiger partial charge < -0.3 is 10.2 Å². The quantitative estimate of drug-likeness (QED) is 0.327. The number of alkyl halides is 3. The first-order chi connectivity index (χ1) is 15.5. The topological polar surface area (TPSA) is 15.3 Å². The minimum absolute atomic E-state index is 0.200. The zero-order valence-electron chi connectivity index (χ0n) is 19.7. The van der Waals surface area contributed by atoms with E-state index in [0.29, 0.717) is 23.3 Å². The third kappa shape index (κ3) is 7.07. The van der Waals surface area contributed by atoms with Gasteiger partial charge in [0.1, 0.15) is 0 Å². The maximum atomic E-state index is 13.7. The highest BCUT2D eigenvalue weighted by Gasteiger charge is 2.32. The van der Waals surface area contributed by atoms with Crippen LogP contribution in [0.3, 0.4) is 0 Å². The van der Waals surface area contributed by atoms with Crippen molar-refractivity contribution < 1.29 is 22.0 Å². The summed E-state index contributed by atoms with van der Waals surface area (Å²) in [4.78, 5) is 2.01. The number of anilines is 1. The average Bonchev–Trinajstić information content (AvgIpc) is 3.06. The van der Waals surface area contributed by atoms with Crippen LogP contribution in [0.25, 0.3) is 0 Å². The fraction of sp³-hybridized carbons (Fsp3) is 0.385. The third-order valence-electron chi connectivity index (χ3n) is 5.36. The normalized spacial score (nSPS) is 19.0. The molecular weight excluding hydrogens is 435 g/mol. The second-order valence-electron chi connectivity index (χ2n) is 8.18. The Balaban J connectivity index is 2.51. The van der Waals surface area contributed by atoms with Gasteiger partial charge in [-0.15, -0.1) is 0 Å². The van der Waals surface area contributed by atoms with Crippen LogP contribution in [0.1, 0.15) is 40.5 Å². The number of allylic oxidation sites excluding steroid dienone is 9. The summed E-state index contributed by atoms with van der Waals surface area (Å²) in [6, 6.07) is 3.43. The number of halogens is 5. The van der Waals surface area contributed by atoms with Gasteiger partial charge in [0.2, 0.25) is 0 Å². The molecular formula is C26H31F5N2. The Morgan fingerprint density at radius 3 is 2.42 bits per heavy atom. The zero-order valence-corrected chi connectivity index (χ0v) is 19.7. The Morgan fingerprint density at radius 1 is 1.18 bits per heavy atom. The highest BCUT2D eigenvalue weighted by Crippen LogP contribution is 2.33. The fourth-order valence-electron chi connectivity index (χ4n) is 3.71. The molecule has 2 nitrogen and oxygen atoms in total. The average molecular weight is 467 g/mol. The van der Waals surface area contributed by atoms with E-state index in [9.17, 15) is 22.0 Å². The van der Waals surface area contributed by atoms with Crippen LogP contribution in [0.5, 0.6) is 0 Å². The molecule has 1 fully saturated rings. The number of benzene rings is 1. The molecule has 0 aliphatic carbocycles. The lowest BCUT2D eigenvalue weighted by molar-refractivity contribution is -0.0884. The first-order valence-electron chi connectivity index (χ1n) is 10.9. The smallest absolute Gasteiger partial charge is 0.377 e. The summed E-state index contributed by atoms with van der Waals surface area (Å²) in [6.07, 6.45) is 4.13. The molecule has 7 heteroatoms. The Hall–Kier alpha value is -2.83. The summed E-state index contributed by atoms with van der Waals surface area (Å²) in [5, 5.41) is 3.22. The van der Waals surface area contributed by atoms with E-state index in [1.807, 2.05) is 31.9 Å². The summed E-state index contributed by atoms with van der Waals surface area (Å²) < 4.78 is 67.6. The lowest BCUT2D eigenvalue weighted by atomic mass is 9.96. The van der Waals surface area contributed by atoms with E-state index in [0.717, 1.165) is 29.9 Å². The van der Waals surface area contributed by atoms with Gasteiger partial charge >= 0.3 is 6.18 Å². The number of hydrogen-bond acceptors (Lipinski definition) is 2. The molecule has 1 heterocycles. The minimum Gasteiger partial charge on any atom is -0.377 e. The van der Waals surface area contributed by atoms with Gasteiger partial charge in [-0.05, 0) is 69.0 Å². The number of rotatable bonds is 7. The zero-order chi connectivity index (χ0) is 24.8. The van der Waals surface area contributed by atoms with E-state index in [1.54, 1.807) is 26.0 Å². The van der Waals surface area contributed by atoms with Crippen molar-refractivity contribution in [3.8, 4) is 0 Å². The van der Waals surface area contributed by atoms with Crippen molar-refractivity contribution in [2.75, 3.05) is 18.9 Å². The van der Waals surface area contributed by atoms with Gasteiger partial charge in [-0.3, -0.25) is 0 Å². The summed E-state index contributed by atoms with van der Waals surface area (Å²) in [6.45, 7) is 7.85. The molecule has 1 unspecified atom stereocenters. The highest BCUT2D eigenvalue weighted by molar-refractivity contribution is 5.55. The summed E-state index contributed by atoms with van der Waals surface area (Å²) >= 11 is 0. The van der Waals surface area contributed by atoms with Crippen molar-refractivity contribution in [1.82, 2.24) is 4.90 Å². The molecule has 1 aliphatic heterocycles. The van der Waals surface area contributed by atoms with Crippen LogP contribution in [0.2, 0.25) is 0 Å². The van der Waals surface area contributed by atoms with Crippen LogP contribution in [-0.2, 0) is 0 Å². The van der Waals surface area contributed by atoms with Gasteiger partial charge in [0.05, 0.1) is 11.6 Å². The second-order valence-corrected chi connectivity index (χ2v) is 8.18. The first kappa shape index (κ1) is 26.4. The van der Waals surface area contributed by atoms with E-state index in [1.165, 1.54) is 18.2 Å². The molecule has 0 saturated carbocycles. The molecule has 1 aliphatic rings. The Labute approximate surface area is 192 Å². The van der Waals surface area contributed by atoms with Gasteiger partial charge in [-0.1, -0.05) is 30.7 Å². The van der Waals surface area contributed by atoms with Crippen LogP contribution in [0.15, 0.2) is 76.6 Å². The largest absolute Gasteiger partial charge is 0.416 e. The molecule has 1 saturated heterocycles. The van der Waals surface area contributed by atoms with Crippen molar-refractivity contribution in [3.05, 3.63) is 88.2 Å². The monoisotopic (exact) mass is 466 g/mol. The number of hydrogen-bond donors (Lipinski definition) is 1. The van der Waals surface area contributed by atoms with Crippen molar-refractivity contribution in [3.63, 3.8) is 0 Å². The molecule has 1 aromatic rings. The molecule has 0 amide bonds. The van der Waals surface area contributed by atoms with E-state index in [2.05, 4.69) is 5.32 Å². The Kier molecular flexibility index (Phi) is 9.08. The van der Waals surface area contributed by atoms with E-state index in [4.69, 9.17) is 0 Å². The van der Waals surface area contributed by atoms with Gasteiger partial charge in [0, 0.05) is 31.0 Å². The molecule has 1 aromatic carbocycles. The summed E-state index contributed by atoms with van der Waals surface area (Å²) in [5.41, 5.74) is 2.60.